The summed E-state index contributed by atoms with van der Waals surface area (Å²) in [7, 11) is 0. The lowest BCUT2D eigenvalue weighted by Gasteiger charge is -2.15. The van der Waals surface area contributed by atoms with Gasteiger partial charge in [0.15, 0.2) is 0 Å². The molecule has 0 saturated carbocycles. The quantitative estimate of drug-likeness (QED) is 0.700. The molecule has 1 aliphatic rings. The third-order valence-electron chi connectivity index (χ3n) is 2.31. The van der Waals surface area contributed by atoms with Gasteiger partial charge in [0, 0.05) is 10.4 Å². The summed E-state index contributed by atoms with van der Waals surface area (Å²) in [5.74, 6) is 0.506. The largest absolute Gasteiger partial charge is 0.0766 e. The van der Waals surface area contributed by atoms with Crippen LogP contribution in [0, 0.1) is 0 Å². The first-order chi connectivity index (χ1) is 6.75. The number of benzene rings is 1. The molecule has 1 atom stereocenters. The van der Waals surface area contributed by atoms with Crippen LogP contribution in [-0.4, -0.2) is 0 Å². The third-order valence-corrected chi connectivity index (χ3v) is 3.39. The van der Waals surface area contributed by atoms with Crippen molar-refractivity contribution in [2.45, 2.75) is 12.3 Å². The average molecular weight is 314 g/mol. The van der Waals surface area contributed by atoms with Crippen molar-refractivity contribution in [1.82, 2.24) is 0 Å². The normalized spacial score (nSPS) is 20.7. The second-order valence-corrected chi connectivity index (χ2v) is 5.30. The van der Waals surface area contributed by atoms with Crippen molar-refractivity contribution in [3.05, 3.63) is 57.0 Å². The molecule has 0 radical (unpaired) electrons. The van der Waals surface area contributed by atoms with Crippen LogP contribution in [0.3, 0.4) is 0 Å². The molecule has 1 aromatic rings. The highest BCUT2D eigenvalue weighted by molar-refractivity contribution is 9.11. The van der Waals surface area contributed by atoms with Crippen molar-refractivity contribution in [2.24, 2.45) is 0 Å². The highest BCUT2D eigenvalue weighted by Gasteiger charge is 2.11. The first-order valence-electron chi connectivity index (χ1n) is 4.54. The van der Waals surface area contributed by atoms with E-state index in [0.29, 0.717) is 5.92 Å². The maximum Gasteiger partial charge on any atom is 0.0178 e. The van der Waals surface area contributed by atoms with Crippen LogP contribution in [0.15, 0.2) is 51.4 Å². The summed E-state index contributed by atoms with van der Waals surface area (Å²) in [6.07, 6.45) is 7.52. The molecule has 1 aliphatic carbocycles. The first kappa shape index (κ1) is 10.2. The second-order valence-electron chi connectivity index (χ2n) is 3.36. The van der Waals surface area contributed by atoms with E-state index in [1.165, 1.54) is 10.0 Å². The number of allylic oxidation sites excluding steroid dienone is 4. The molecule has 0 nitrogen and oxygen atoms in total. The molecular weight excluding hydrogens is 304 g/mol. The van der Waals surface area contributed by atoms with Crippen LogP contribution in [0.5, 0.6) is 0 Å². The molecule has 0 aromatic heterocycles. The van der Waals surface area contributed by atoms with E-state index in [9.17, 15) is 0 Å². The van der Waals surface area contributed by atoms with E-state index < -0.39 is 0 Å². The third kappa shape index (κ3) is 2.37. The van der Waals surface area contributed by atoms with Gasteiger partial charge in [0.05, 0.1) is 0 Å². The van der Waals surface area contributed by atoms with Gasteiger partial charge in [0.25, 0.3) is 0 Å². The Labute approximate surface area is 101 Å². The lowest BCUT2D eigenvalue weighted by molar-refractivity contribution is 0.846. The Hall–Kier alpha value is -0.340. The molecule has 0 bridgehead atoms. The van der Waals surface area contributed by atoms with Gasteiger partial charge in [-0.05, 0) is 28.6 Å². The number of hydrogen-bond acceptors (Lipinski definition) is 0. The molecule has 0 spiro atoms. The van der Waals surface area contributed by atoms with Gasteiger partial charge in [0.1, 0.15) is 0 Å². The smallest absolute Gasteiger partial charge is 0.0178 e. The van der Waals surface area contributed by atoms with Gasteiger partial charge in [-0.25, -0.2) is 0 Å². The summed E-state index contributed by atoms with van der Waals surface area (Å²) >= 11 is 7.04. The van der Waals surface area contributed by atoms with Crippen LogP contribution < -0.4 is 0 Å². The molecule has 0 N–H and O–H groups in total. The zero-order valence-electron chi connectivity index (χ0n) is 7.58. The molecule has 0 saturated heterocycles. The molecule has 0 fully saturated rings. The minimum absolute atomic E-state index is 0.506. The summed E-state index contributed by atoms with van der Waals surface area (Å²) in [4.78, 5) is 0. The molecule has 72 valence electrons. The Kier molecular flexibility index (Phi) is 3.24. The fourth-order valence-electron chi connectivity index (χ4n) is 1.61. The van der Waals surface area contributed by atoms with E-state index in [-0.39, 0.29) is 0 Å². The van der Waals surface area contributed by atoms with E-state index in [1.54, 1.807) is 0 Å². The Morgan fingerprint density at radius 2 is 2.07 bits per heavy atom. The molecule has 1 unspecified atom stereocenters. The zero-order valence-corrected chi connectivity index (χ0v) is 10.8. The minimum Gasteiger partial charge on any atom is -0.0766 e. The number of halogens is 2. The van der Waals surface area contributed by atoms with Gasteiger partial charge >= 0.3 is 0 Å². The fourth-order valence-corrected chi connectivity index (χ4v) is 2.52. The Morgan fingerprint density at radius 3 is 2.79 bits per heavy atom. The van der Waals surface area contributed by atoms with Crippen molar-refractivity contribution in [2.75, 3.05) is 0 Å². The Bertz CT molecular complexity index is 391. The van der Waals surface area contributed by atoms with Crippen molar-refractivity contribution < 1.29 is 0 Å². The van der Waals surface area contributed by atoms with Crippen LogP contribution in [0.4, 0.5) is 0 Å². The maximum absolute atomic E-state index is 3.54. The molecule has 0 aliphatic heterocycles. The van der Waals surface area contributed by atoms with E-state index in [0.717, 1.165) is 10.9 Å². The van der Waals surface area contributed by atoms with Gasteiger partial charge in [-0.1, -0.05) is 62.2 Å². The lowest BCUT2D eigenvalue weighted by Crippen LogP contribution is -1.97. The zero-order chi connectivity index (χ0) is 9.97. The minimum atomic E-state index is 0.506. The highest BCUT2D eigenvalue weighted by atomic mass is 79.9. The van der Waals surface area contributed by atoms with Gasteiger partial charge in [0.2, 0.25) is 0 Å². The summed E-state index contributed by atoms with van der Waals surface area (Å²) in [6, 6.07) is 8.49. The predicted molar refractivity (Wildman–Crippen MR) is 67.7 cm³/mol. The highest BCUT2D eigenvalue weighted by Crippen LogP contribution is 2.31. The van der Waals surface area contributed by atoms with Crippen LogP contribution >= 0.6 is 31.9 Å². The Balaban J connectivity index is 2.25. The summed E-state index contributed by atoms with van der Waals surface area (Å²) in [6.45, 7) is 0. The van der Waals surface area contributed by atoms with E-state index in [2.05, 4.69) is 74.4 Å². The topological polar surface area (TPSA) is 0 Å². The molecule has 2 rings (SSSR count). The molecule has 14 heavy (non-hydrogen) atoms. The van der Waals surface area contributed by atoms with E-state index in [1.807, 2.05) is 0 Å². The summed E-state index contributed by atoms with van der Waals surface area (Å²) in [5, 5.41) is 0. The molecule has 1 aromatic carbocycles. The number of hydrogen-bond donors (Lipinski definition) is 0. The van der Waals surface area contributed by atoms with E-state index >= 15 is 0 Å². The van der Waals surface area contributed by atoms with Crippen LogP contribution in [0.2, 0.25) is 0 Å². The second kappa shape index (κ2) is 4.45. The molecule has 2 heteroatoms. The number of rotatable bonds is 1. The Morgan fingerprint density at radius 1 is 1.21 bits per heavy atom. The van der Waals surface area contributed by atoms with Crippen molar-refractivity contribution >= 4 is 31.9 Å². The summed E-state index contributed by atoms with van der Waals surface area (Å²) in [5.41, 5.74) is 1.36. The average Bonchev–Trinajstić information content (AvgIpc) is 2.18. The van der Waals surface area contributed by atoms with Crippen LogP contribution in [0.25, 0.3) is 0 Å². The van der Waals surface area contributed by atoms with Gasteiger partial charge < -0.3 is 0 Å². The first-order valence-corrected chi connectivity index (χ1v) is 6.12. The summed E-state index contributed by atoms with van der Waals surface area (Å²) < 4.78 is 2.42. The lowest BCUT2D eigenvalue weighted by atomic mass is 9.93. The fraction of sp³-hybridized carbons (Fsp3) is 0.167. The molecule has 0 amide bonds. The monoisotopic (exact) mass is 312 g/mol. The van der Waals surface area contributed by atoms with Gasteiger partial charge in [-0.2, -0.15) is 0 Å². The van der Waals surface area contributed by atoms with Crippen molar-refractivity contribution in [1.29, 1.82) is 0 Å². The van der Waals surface area contributed by atoms with Gasteiger partial charge in [-0.3, -0.25) is 0 Å². The maximum atomic E-state index is 3.54. The van der Waals surface area contributed by atoms with Gasteiger partial charge in [-0.15, -0.1) is 0 Å². The van der Waals surface area contributed by atoms with E-state index in [4.69, 9.17) is 0 Å². The van der Waals surface area contributed by atoms with Crippen LogP contribution in [-0.2, 0) is 0 Å². The van der Waals surface area contributed by atoms with Crippen molar-refractivity contribution in [3.63, 3.8) is 0 Å². The SMILES string of the molecule is BrC1=CC=CC(c2cccc(Br)c2)C1. The van der Waals surface area contributed by atoms with Crippen molar-refractivity contribution in [3.8, 4) is 0 Å². The molecular formula is C12H10Br2. The van der Waals surface area contributed by atoms with Crippen LogP contribution in [0.1, 0.15) is 17.9 Å². The predicted octanol–water partition coefficient (Wildman–Crippen LogP) is 4.77. The standard InChI is InChI=1S/C12H10Br2/c13-11-5-1-3-9(7-11)10-4-2-6-12(14)8-10/h1-7,10H,8H2. The molecule has 0 heterocycles.